The molecule has 0 fully saturated rings. The molecule has 0 saturated heterocycles. The molecule has 3 aromatic carbocycles. The van der Waals surface area contributed by atoms with Crippen LogP contribution < -0.4 is 10.1 Å². The number of benzene rings is 3. The van der Waals surface area contributed by atoms with E-state index in [4.69, 9.17) is 9.84 Å². The molecule has 0 saturated carbocycles. The molecule has 0 spiro atoms. The third-order valence-electron chi connectivity index (χ3n) is 7.31. The Morgan fingerprint density at radius 3 is 2.56 bits per heavy atom. The van der Waals surface area contributed by atoms with Crippen molar-refractivity contribution in [2.45, 2.75) is 31.1 Å². The molecule has 9 nitrogen and oxygen atoms in total. The van der Waals surface area contributed by atoms with Gasteiger partial charge in [-0.25, -0.2) is 9.40 Å². The first-order valence-electron chi connectivity index (χ1n) is 14.2. The smallest absolute Gasteiger partial charge is 0.254 e. The normalized spacial score (nSPS) is 14.3. The number of aryl methyl sites for hydroxylation is 1. The fourth-order valence-corrected chi connectivity index (χ4v) is 6.57. The molecule has 1 N–H and O–H groups in total. The Morgan fingerprint density at radius 1 is 1.02 bits per heavy atom. The van der Waals surface area contributed by atoms with E-state index in [1.165, 1.54) is 30.0 Å². The third kappa shape index (κ3) is 6.52. The maximum absolute atomic E-state index is 14.2. The van der Waals surface area contributed by atoms with Crippen molar-refractivity contribution < 1.29 is 18.7 Å². The van der Waals surface area contributed by atoms with Gasteiger partial charge >= 0.3 is 0 Å². The number of hydrazone groups is 1. The van der Waals surface area contributed by atoms with E-state index in [-0.39, 0.29) is 29.8 Å². The molecule has 2 amide bonds. The molecule has 45 heavy (non-hydrogen) atoms. The van der Waals surface area contributed by atoms with Crippen LogP contribution in [0.25, 0.3) is 5.69 Å². The largest absolute Gasteiger partial charge is 0.495 e. The predicted octanol–water partition coefficient (Wildman–Crippen LogP) is 6.18. The number of carbonyl (C=O) groups excluding carboxylic acids is 2. The van der Waals surface area contributed by atoms with Gasteiger partial charge in [-0.05, 0) is 48.2 Å². The SMILES string of the molecule is COc1ccccc1-n1c(CNC(=O)c2ccccc2F)nnc1SCC(=O)N1N=C(c2cccs2)C[C@@H]1c1ccc(C)cc1. The summed E-state index contributed by atoms with van der Waals surface area (Å²) < 4.78 is 21.6. The number of halogens is 1. The first-order valence-corrected chi connectivity index (χ1v) is 16.0. The van der Waals surface area contributed by atoms with E-state index < -0.39 is 11.7 Å². The van der Waals surface area contributed by atoms with Crippen molar-refractivity contribution in [1.82, 2.24) is 25.1 Å². The second kappa shape index (κ2) is 13.4. The van der Waals surface area contributed by atoms with Crippen LogP contribution in [-0.4, -0.2) is 50.2 Å². The van der Waals surface area contributed by atoms with Gasteiger partial charge in [0.2, 0.25) is 0 Å². The zero-order chi connectivity index (χ0) is 31.3. The van der Waals surface area contributed by atoms with E-state index >= 15 is 0 Å². The molecule has 0 aliphatic carbocycles. The highest BCUT2D eigenvalue weighted by Gasteiger charge is 2.34. The molecular weight excluding hydrogens is 612 g/mol. The third-order valence-corrected chi connectivity index (χ3v) is 9.14. The van der Waals surface area contributed by atoms with E-state index in [1.54, 1.807) is 40.2 Å². The average molecular weight is 641 g/mol. The standard InChI is InChI=1S/C33H29FN6O3S2/c1-21-13-15-22(16-14-21)27-18-25(29-12-7-17-44-29)38-40(27)31(41)20-45-33-37-36-30(39(33)26-10-5-6-11-28(26)43-2)19-35-32(42)23-8-3-4-9-24(23)34/h3-17,27H,18-20H2,1-2H3,(H,35,42)/t27-/m1/s1. The van der Waals surface area contributed by atoms with Crippen LogP contribution in [0, 0.1) is 12.7 Å². The average Bonchev–Trinajstić information content (AvgIpc) is 3.83. The molecule has 0 radical (unpaired) electrons. The summed E-state index contributed by atoms with van der Waals surface area (Å²) in [5.41, 5.74) is 3.59. The van der Waals surface area contributed by atoms with Crippen molar-refractivity contribution in [1.29, 1.82) is 0 Å². The van der Waals surface area contributed by atoms with Gasteiger partial charge in [-0.1, -0.05) is 71.9 Å². The van der Waals surface area contributed by atoms with Gasteiger partial charge in [0.25, 0.3) is 11.8 Å². The number of rotatable bonds is 10. The van der Waals surface area contributed by atoms with Crippen LogP contribution in [0.15, 0.2) is 101 Å². The fourth-order valence-electron chi connectivity index (χ4n) is 5.04. The topological polar surface area (TPSA) is 102 Å². The van der Waals surface area contributed by atoms with Crippen LogP contribution in [0.2, 0.25) is 0 Å². The Morgan fingerprint density at radius 2 is 1.80 bits per heavy atom. The van der Waals surface area contributed by atoms with Gasteiger partial charge in [-0.3, -0.25) is 14.2 Å². The number of methoxy groups -OCH3 is 1. The molecule has 5 aromatic rings. The zero-order valence-electron chi connectivity index (χ0n) is 24.5. The molecule has 6 rings (SSSR count). The summed E-state index contributed by atoms with van der Waals surface area (Å²) in [7, 11) is 1.56. The van der Waals surface area contributed by atoms with Crippen molar-refractivity contribution in [3.63, 3.8) is 0 Å². The van der Waals surface area contributed by atoms with Crippen molar-refractivity contribution in [3.8, 4) is 11.4 Å². The zero-order valence-corrected chi connectivity index (χ0v) is 26.1. The van der Waals surface area contributed by atoms with Gasteiger partial charge in [0, 0.05) is 6.42 Å². The number of amides is 2. The van der Waals surface area contributed by atoms with Gasteiger partial charge in [0.1, 0.15) is 11.6 Å². The van der Waals surface area contributed by atoms with Crippen LogP contribution in [-0.2, 0) is 11.3 Å². The summed E-state index contributed by atoms with van der Waals surface area (Å²) in [5.74, 6) is -0.402. The van der Waals surface area contributed by atoms with Gasteiger partial charge in [0.15, 0.2) is 11.0 Å². The number of nitrogens with zero attached hydrogens (tertiary/aromatic N) is 5. The summed E-state index contributed by atoms with van der Waals surface area (Å²) in [4.78, 5) is 27.6. The number of hydrogen-bond donors (Lipinski definition) is 1. The minimum Gasteiger partial charge on any atom is -0.495 e. The lowest BCUT2D eigenvalue weighted by Crippen LogP contribution is -2.28. The molecule has 12 heteroatoms. The number of nitrogens with one attached hydrogen (secondary N) is 1. The summed E-state index contributed by atoms with van der Waals surface area (Å²) in [5, 5.41) is 20.2. The molecule has 0 unspecified atom stereocenters. The van der Waals surface area contributed by atoms with Crippen LogP contribution in [0.5, 0.6) is 5.75 Å². The van der Waals surface area contributed by atoms with Gasteiger partial charge in [-0.15, -0.1) is 21.5 Å². The van der Waals surface area contributed by atoms with Crippen molar-refractivity contribution in [2.24, 2.45) is 5.10 Å². The summed E-state index contributed by atoms with van der Waals surface area (Å²) in [6, 6.07) is 25.0. The Bertz CT molecular complexity index is 1860. The minimum atomic E-state index is -0.619. The monoisotopic (exact) mass is 640 g/mol. The van der Waals surface area contributed by atoms with Crippen molar-refractivity contribution in [2.75, 3.05) is 12.9 Å². The quantitative estimate of drug-likeness (QED) is 0.183. The molecule has 2 aromatic heterocycles. The number of carbonyl (C=O) groups is 2. The number of aromatic nitrogens is 3. The van der Waals surface area contributed by atoms with Crippen LogP contribution >= 0.6 is 23.1 Å². The first kappa shape index (κ1) is 30.2. The highest BCUT2D eigenvalue weighted by molar-refractivity contribution is 7.99. The molecule has 0 bridgehead atoms. The van der Waals surface area contributed by atoms with E-state index in [2.05, 4.69) is 15.5 Å². The Labute approximate surface area is 267 Å². The lowest BCUT2D eigenvalue weighted by atomic mass is 10.00. The number of thioether (sulfide) groups is 1. The van der Waals surface area contributed by atoms with Crippen molar-refractivity contribution >= 4 is 40.6 Å². The Kier molecular flexibility index (Phi) is 9.03. The van der Waals surface area contributed by atoms with E-state index in [9.17, 15) is 14.0 Å². The number of ether oxygens (including phenoxy) is 1. The van der Waals surface area contributed by atoms with Crippen LogP contribution in [0.3, 0.4) is 0 Å². The highest BCUT2D eigenvalue weighted by atomic mass is 32.2. The summed E-state index contributed by atoms with van der Waals surface area (Å²) in [6.45, 7) is 1.99. The second-order valence-electron chi connectivity index (χ2n) is 10.3. The molecule has 1 aliphatic rings. The second-order valence-corrected chi connectivity index (χ2v) is 12.1. The number of thiophene rings is 1. The number of hydrogen-bond acceptors (Lipinski definition) is 8. The van der Waals surface area contributed by atoms with Gasteiger partial charge < -0.3 is 10.1 Å². The predicted molar refractivity (Wildman–Crippen MR) is 172 cm³/mol. The molecule has 3 heterocycles. The maximum Gasteiger partial charge on any atom is 0.254 e. The van der Waals surface area contributed by atoms with Gasteiger partial charge in [0.05, 0.1) is 47.3 Å². The minimum absolute atomic E-state index is 0.0389. The fraction of sp³-hybridized carbons (Fsp3) is 0.182. The summed E-state index contributed by atoms with van der Waals surface area (Å²) >= 11 is 2.81. The van der Waals surface area contributed by atoms with Gasteiger partial charge in [-0.2, -0.15) is 5.10 Å². The molecular formula is C33H29FN6O3S2. The van der Waals surface area contributed by atoms with E-state index in [0.717, 1.165) is 21.7 Å². The molecule has 1 aliphatic heterocycles. The summed E-state index contributed by atoms with van der Waals surface area (Å²) in [6.07, 6.45) is 0.614. The lowest BCUT2D eigenvalue weighted by Gasteiger charge is -2.22. The number of para-hydroxylation sites is 2. The van der Waals surface area contributed by atoms with Crippen molar-refractivity contribution in [3.05, 3.63) is 124 Å². The highest BCUT2D eigenvalue weighted by Crippen LogP contribution is 2.35. The maximum atomic E-state index is 14.2. The molecule has 1 atom stereocenters. The Balaban J connectivity index is 1.26. The van der Waals surface area contributed by atoms with E-state index in [1.807, 2.05) is 66.9 Å². The Hall–Kier alpha value is -4.81. The van der Waals surface area contributed by atoms with Crippen LogP contribution in [0.4, 0.5) is 4.39 Å². The molecule has 228 valence electrons. The first-order chi connectivity index (χ1) is 21.9. The van der Waals surface area contributed by atoms with Crippen LogP contribution in [0.1, 0.15) is 44.6 Å². The lowest BCUT2D eigenvalue weighted by molar-refractivity contribution is -0.130. The van der Waals surface area contributed by atoms with E-state index in [0.29, 0.717) is 28.8 Å².